The van der Waals surface area contributed by atoms with Gasteiger partial charge in [0.25, 0.3) is 0 Å². The lowest BCUT2D eigenvalue weighted by molar-refractivity contribution is -0.236. The maximum Gasteiger partial charge on any atom is 0.309 e. The number of hydrogen-bond donors (Lipinski definition) is 0. The summed E-state index contributed by atoms with van der Waals surface area (Å²) in [7, 11) is 0. The van der Waals surface area contributed by atoms with Crippen molar-refractivity contribution in [1.29, 1.82) is 0 Å². The summed E-state index contributed by atoms with van der Waals surface area (Å²) in [5.74, 6) is -1.13. The van der Waals surface area contributed by atoms with E-state index in [1.807, 2.05) is 19.9 Å². The average Bonchev–Trinajstić information content (AvgIpc) is 3.10. The molecule has 1 spiro atoms. The summed E-state index contributed by atoms with van der Waals surface area (Å²) in [5.41, 5.74) is 0.814. The molecule has 1 saturated heterocycles. The van der Waals surface area contributed by atoms with Crippen molar-refractivity contribution < 1.29 is 33.3 Å². The molecule has 1 aliphatic heterocycles. The second-order valence-corrected chi connectivity index (χ2v) is 11.1. The van der Waals surface area contributed by atoms with E-state index in [0.29, 0.717) is 25.2 Å². The molecule has 2 fully saturated rings. The Morgan fingerprint density at radius 1 is 1.22 bits per heavy atom. The molecule has 7 nitrogen and oxygen atoms in total. The van der Waals surface area contributed by atoms with Gasteiger partial charge >= 0.3 is 17.9 Å². The van der Waals surface area contributed by atoms with Crippen LogP contribution in [-0.4, -0.2) is 36.6 Å². The number of hydrogen-bond acceptors (Lipinski definition) is 7. The first-order valence-electron chi connectivity index (χ1n) is 13.1. The number of allylic oxidation sites excluding steroid dienone is 2. The van der Waals surface area contributed by atoms with Crippen LogP contribution in [0.3, 0.4) is 0 Å². The first kappa shape index (κ1) is 28.2. The standard InChI is InChI=1S/C29H42O7/c1-9-17(3)11-13-28(8)19(5)12-14-29-23(26(33-20(6)30)36-27(29)34-21(7)31)15-22(16-24(28)29)35-25(32)18(4)10-2/h9,15,18-19,22,24,26-27H,1,3,10-14,16H2,2,4-8H3/t18?,19-,22+,24+,26+,27-,28-,29-/m0/s1. The van der Waals surface area contributed by atoms with Gasteiger partial charge in [0.1, 0.15) is 6.10 Å². The maximum absolute atomic E-state index is 12.8. The number of carbonyl (C=O) groups is 3. The minimum atomic E-state index is -1.000. The predicted molar refractivity (Wildman–Crippen MR) is 135 cm³/mol. The predicted octanol–water partition coefficient (Wildman–Crippen LogP) is 5.64. The second kappa shape index (κ2) is 10.9. The first-order valence-corrected chi connectivity index (χ1v) is 13.1. The molecular weight excluding hydrogens is 460 g/mol. The van der Waals surface area contributed by atoms with Crippen LogP contribution in [0.15, 0.2) is 36.5 Å². The second-order valence-electron chi connectivity index (χ2n) is 11.1. The molecule has 0 bridgehead atoms. The summed E-state index contributed by atoms with van der Waals surface area (Å²) in [4.78, 5) is 36.9. The van der Waals surface area contributed by atoms with Crippen LogP contribution in [0.1, 0.15) is 80.1 Å². The SMILES string of the molecule is C=CC(=C)CC[C@]1(C)[C@H]2C[C@H](OC(=O)C(C)CC)C=C3[C@H](OC(C)=O)O[C@H](OC(C)=O)[C@@]32CC[C@@H]1C. The van der Waals surface area contributed by atoms with Gasteiger partial charge in [-0.1, -0.05) is 52.5 Å². The van der Waals surface area contributed by atoms with Crippen LogP contribution in [0.2, 0.25) is 0 Å². The van der Waals surface area contributed by atoms with Crippen molar-refractivity contribution in [3.63, 3.8) is 0 Å². The monoisotopic (exact) mass is 502 g/mol. The zero-order valence-electron chi connectivity index (χ0n) is 22.6. The first-order chi connectivity index (χ1) is 16.9. The molecule has 36 heavy (non-hydrogen) atoms. The zero-order valence-corrected chi connectivity index (χ0v) is 22.6. The number of ether oxygens (including phenoxy) is 4. The molecule has 1 heterocycles. The smallest absolute Gasteiger partial charge is 0.309 e. The Balaban J connectivity index is 2.13. The topological polar surface area (TPSA) is 88.1 Å². The Kier molecular flexibility index (Phi) is 8.54. The van der Waals surface area contributed by atoms with Gasteiger partial charge in [-0.05, 0) is 61.9 Å². The third-order valence-corrected chi connectivity index (χ3v) is 8.93. The van der Waals surface area contributed by atoms with Crippen molar-refractivity contribution in [2.45, 2.75) is 98.8 Å². The molecule has 2 aliphatic carbocycles. The molecule has 1 saturated carbocycles. The summed E-state index contributed by atoms with van der Waals surface area (Å²) < 4.78 is 23.5. The Labute approximate surface area is 215 Å². The summed E-state index contributed by atoms with van der Waals surface area (Å²) >= 11 is 0. The average molecular weight is 503 g/mol. The van der Waals surface area contributed by atoms with E-state index < -0.39 is 36.0 Å². The molecule has 1 unspecified atom stereocenters. The number of carbonyl (C=O) groups excluding carboxylic acids is 3. The fraction of sp³-hybridized carbons (Fsp3) is 0.690. The third-order valence-electron chi connectivity index (χ3n) is 8.93. The van der Waals surface area contributed by atoms with E-state index in [9.17, 15) is 14.4 Å². The molecule has 0 N–H and O–H groups in total. The Bertz CT molecular complexity index is 936. The maximum atomic E-state index is 12.8. The lowest BCUT2D eigenvalue weighted by Crippen LogP contribution is -2.57. The Morgan fingerprint density at radius 2 is 1.89 bits per heavy atom. The fourth-order valence-corrected chi connectivity index (χ4v) is 6.39. The highest BCUT2D eigenvalue weighted by molar-refractivity contribution is 5.72. The molecule has 0 radical (unpaired) electrons. The zero-order chi connectivity index (χ0) is 26.8. The van der Waals surface area contributed by atoms with Gasteiger partial charge in [-0.25, -0.2) is 0 Å². The minimum Gasteiger partial charge on any atom is -0.458 e. The largest absolute Gasteiger partial charge is 0.458 e. The van der Waals surface area contributed by atoms with Crippen LogP contribution in [0.5, 0.6) is 0 Å². The molecular formula is C29H42O7. The van der Waals surface area contributed by atoms with Crippen LogP contribution in [0.25, 0.3) is 0 Å². The molecule has 3 rings (SSSR count). The van der Waals surface area contributed by atoms with Crippen molar-refractivity contribution >= 4 is 17.9 Å². The quantitative estimate of drug-likeness (QED) is 0.174. The molecule has 0 aromatic heterocycles. The van der Waals surface area contributed by atoms with Crippen LogP contribution in [-0.2, 0) is 33.3 Å². The Morgan fingerprint density at radius 3 is 2.47 bits per heavy atom. The van der Waals surface area contributed by atoms with Crippen LogP contribution < -0.4 is 0 Å². The van der Waals surface area contributed by atoms with Gasteiger partial charge in [-0.3, -0.25) is 19.1 Å². The molecule has 7 heteroatoms. The van der Waals surface area contributed by atoms with Crippen molar-refractivity contribution in [1.82, 2.24) is 0 Å². The summed E-state index contributed by atoms with van der Waals surface area (Å²) in [6.45, 7) is 19.0. The normalized spacial score (nSPS) is 35.9. The van der Waals surface area contributed by atoms with Crippen molar-refractivity contribution in [2.24, 2.45) is 28.6 Å². The number of rotatable bonds is 9. The van der Waals surface area contributed by atoms with E-state index in [1.165, 1.54) is 13.8 Å². The van der Waals surface area contributed by atoms with Crippen LogP contribution in [0.4, 0.5) is 0 Å². The van der Waals surface area contributed by atoms with E-state index >= 15 is 0 Å². The van der Waals surface area contributed by atoms with E-state index in [0.717, 1.165) is 30.4 Å². The van der Waals surface area contributed by atoms with Crippen molar-refractivity contribution in [3.05, 3.63) is 36.5 Å². The minimum absolute atomic E-state index is 0.0500. The molecule has 0 amide bonds. The van der Waals surface area contributed by atoms with Gasteiger partial charge in [0.05, 0.1) is 11.3 Å². The van der Waals surface area contributed by atoms with Gasteiger partial charge in [-0.2, -0.15) is 0 Å². The van der Waals surface area contributed by atoms with E-state index in [1.54, 1.807) is 6.08 Å². The van der Waals surface area contributed by atoms with Gasteiger partial charge in [0.2, 0.25) is 12.6 Å². The summed E-state index contributed by atoms with van der Waals surface area (Å²) in [6.07, 6.45) is 5.75. The van der Waals surface area contributed by atoms with Gasteiger partial charge < -0.3 is 14.2 Å². The van der Waals surface area contributed by atoms with Gasteiger partial charge in [-0.15, -0.1) is 0 Å². The molecule has 0 aromatic carbocycles. The summed E-state index contributed by atoms with van der Waals surface area (Å²) in [5, 5.41) is 0. The van der Waals surface area contributed by atoms with Crippen LogP contribution >= 0.6 is 0 Å². The molecule has 0 aromatic rings. The van der Waals surface area contributed by atoms with Gasteiger partial charge in [0, 0.05) is 19.4 Å². The van der Waals surface area contributed by atoms with E-state index in [-0.39, 0.29) is 23.2 Å². The molecule has 3 aliphatic rings. The van der Waals surface area contributed by atoms with Crippen molar-refractivity contribution in [3.8, 4) is 0 Å². The highest BCUT2D eigenvalue weighted by Gasteiger charge is 2.67. The van der Waals surface area contributed by atoms with Crippen LogP contribution in [0, 0.1) is 28.6 Å². The van der Waals surface area contributed by atoms with E-state index in [2.05, 4.69) is 27.0 Å². The van der Waals surface area contributed by atoms with E-state index in [4.69, 9.17) is 18.9 Å². The lowest BCUT2D eigenvalue weighted by atomic mass is 9.46. The van der Waals surface area contributed by atoms with Gasteiger partial charge in [0.15, 0.2) is 0 Å². The molecule has 200 valence electrons. The fourth-order valence-electron chi connectivity index (χ4n) is 6.39. The third kappa shape index (κ3) is 5.17. The molecule has 8 atom stereocenters. The highest BCUT2D eigenvalue weighted by atomic mass is 16.8. The lowest BCUT2D eigenvalue weighted by Gasteiger charge is -2.58. The summed E-state index contributed by atoms with van der Waals surface area (Å²) in [6, 6.07) is 0. The number of esters is 3. The highest BCUT2D eigenvalue weighted by Crippen LogP contribution is 2.67. The van der Waals surface area contributed by atoms with Crippen molar-refractivity contribution in [2.75, 3.05) is 0 Å². The Hall–Kier alpha value is -2.41.